The van der Waals surface area contributed by atoms with Gasteiger partial charge < -0.3 is 19.1 Å². The van der Waals surface area contributed by atoms with Crippen LogP contribution in [0.5, 0.6) is 0 Å². The second-order valence-corrected chi connectivity index (χ2v) is 7.73. The number of hydrogen-bond donors (Lipinski definition) is 0. The molecule has 27 heavy (non-hydrogen) atoms. The molecule has 0 atom stereocenters. The summed E-state index contributed by atoms with van der Waals surface area (Å²) in [6.45, 7) is 3.26. The van der Waals surface area contributed by atoms with Gasteiger partial charge in [-0.15, -0.1) is 11.3 Å². The molecule has 1 spiro atoms. The highest BCUT2D eigenvalue weighted by molar-refractivity contribution is 7.17. The first kappa shape index (κ1) is 17.1. The van der Waals surface area contributed by atoms with Gasteiger partial charge in [0.2, 0.25) is 0 Å². The number of benzene rings is 1. The van der Waals surface area contributed by atoms with Gasteiger partial charge in [-0.05, 0) is 5.56 Å². The van der Waals surface area contributed by atoms with E-state index in [1.807, 2.05) is 6.07 Å². The second kappa shape index (κ2) is 6.83. The molecule has 7 heteroatoms. The van der Waals surface area contributed by atoms with Gasteiger partial charge in [-0.1, -0.05) is 30.3 Å². The molecule has 2 fully saturated rings. The third-order valence-corrected chi connectivity index (χ3v) is 6.00. The number of ether oxygens (including phenoxy) is 3. The van der Waals surface area contributed by atoms with Crippen LogP contribution < -0.4 is 4.90 Å². The maximum atomic E-state index is 5.91. The summed E-state index contributed by atoms with van der Waals surface area (Å²) in [6.07, 6.45) is 0.850. The molecule has 0 saturated carbocycles. The summed E-state index contributed by atoms with van der Waals surface area (Å²) in [5.41, 5.74) is 2.35. The van der Waals surface area contributed by atoms with E-state index >= 15 is 0 Å². The average molecular weight is 383 g/mol. The number of rotatable bonds is 4. The maximum absolute atomic E-state index is 5.91. The van der Waals surface area contributed by atoms with Crippen LogP contribution in [0, 0.1) is 0 Å². The monoisotopic (exact) mass is 383 g/mol. The average Bonchev–Trinajstić information content (AvgIpc) is 3.43. The van der Waals surface area contributed by atoms with Crippen molar-refractivity contribution in [3.05, 3.63) is 41.5 Å². The largest absolute Gasteiger partial charge is 0.377 e. The number of thiophene rings is 1. The molecular formula is C20H21N3O3S. The number of nitrogens with zero attached hydrogens (tertiary/aromatic N) is 3. The Bertz CT molecular complexity index is 954. The molecule has 0 unspecified atom stereocenters. The Kier molecular flexibility index (Phi) is 4.32. The van der Waals surface area contributed by atoms with Crippen molar-refractivity contribution in [1.29, 1.82) is 0 Å². The topological polar surface area (TPSA) is 56.7 Å². The van der Waals surface area contributed by atoms with Crippen LogP contribution in [0.2, 0.25) is 0 Å². The van der Waals surface area contributed by atoms with Gasteiger partial charge in [-0.3, -0.25) is 0 Å². The fraction of sp³-hybridized carbons (Fsp3) is 0.400. The molecule has 2 aliphatic heterocycles. The number of aromatic nitrogens is 2. The van der Waals surface area contributed by atoms with Crippen molar-refractivity contribution in [2.45, 2.75) is 18.8 Å². The summed E-state index contributed by atoms with van der Waals surface area (Å²) in [5, 5.41) is 3.27. The predicted molar refractivity (Wildman–Crippen MR) is 105 cm³/mol. The van der Waals surface area contributed by atoms with Crippen LogP contribution in [0.1, 0.15) is 12.2 Å². The van der Waals surface area contributed by atoms with Crippen molar-refractivity contribution < 1.29 is 14.2 Å². The Balaban J connectivity index is 1.63. The minimum absolute atomic E-state index is 0.396. The summed E-state index contributed by atoms with van der Waals surface area (Å²) < 4.78 is 17.1. The smallest absolute Gasteiger partial charge is 0.187 e. The predicted octanol–water partition coefficient (Wildman–Crippen LogP) is 3.46. The van der Waals surface area contributed by atoms with Gasteiger partial charge in [0.25, 0.3) is 0 Å². The van der Waals surface area contributed by atoms with E-state index in [4.69, 9.17) is 24.2 Å². The number of methoxy groups -OCH3 is 1. The molecule has 3 aromatic rings. The summed E-state index contributed by atoms with van der Waals surface area (Å²) in [5.74, 6) is 1.17. The molecule has 2 aromatic heterocycles. The Morgan fingerprint density at radius 3 is 2.78 bits per heavy atom. The van der Waals surface area contributed by atoms with E-state index in [1.165, 1.54) is 11.1 Å². The maximum Gasteiger partial charge on any atom is 0.187 e. The minimum atomic E-state index is -0.484. The molecule has 0 N–H and O–H groups in total. The Hall–Kier alpha value is -2.06. The first-order valence-electron chi connectivity index (χ1n) is 9.13. The highest BCUT2D eigenvalue weighted by Crippen LogP contribution is 2.41. The molecule has 1 aromatic carbocycles. The molecule has 2 aliphatic rings. The number of fused-ring (bicyclic) bond motifs is 1. The van der Waals surface area contributed by atoms with Crippen molar-refractivity contribution in [2.75, 3.05) is 38.3 Å². The highest BCUT2D eigenvalue weighted by atomic mass is 32.1. The van der Waals surface area contributed by atoms with Crippen molar-refractivity contribution in [3.63, 3.8) is 0 Å². The highest BCUT2D eigenvalue weighted by Gasteiger charge is 2.44. The molecule has 6 nitrogen and oxygen atoms in total. The zero-order chi connectivity index (χ0) is 18.3. The summed E-state index contributed by atoms with van der Waals surface area (Å²) in [6, 6.07) is 10.4. The van der Waals surface area contributed by atoms with E-state index in [0.717, 1.165) is 29.0 Å². The zero-order valence-electron chi connectivity index (χ0n) is 15.2. The summed E-state index contributed by atoms with van der Waals surface area (Å²) >= 11 is 1.65. The Morgan fingerprint density at radius 2 is 2.00 bits per heavy atom. The first-order valence-corrected chi connectivity index (χ1v) is 10.0. The lowest BCUT2D eigenvalue weighted by Gasteiger charge is -2.24. The van der Waals surface area contributed by atoms with Gasteiger partial charge in [0.05, 0.1) is 25.1 Å². The molecule has 0 aliphatic carbocycles. The van der Waals surface area contributed by atoms with Crippen LogP contribution in [0.15, 0.2) is 35.7 Å². The van der Waals surface area contributed by atoms with Crippen LogP contribution in [0.3, 0.4) is 0 Å². The van der Waals surface area contributed by atoms with E-state index in [9.17, 15) is 0 Å². The van der Waals surface area contributed by atoms with Crippen LogP contribution in [-0.4, -0.2) is 49.2 Å². The molecule has 5 rings (SSSR count). The molecule has 0 radical (unpaired) electrons. The standard InChI is InChI=1S/C20H21N3O3S/c1-24-11-16-21-18(23-8-7-20(13-23)25-9-10-26-20)17-15(12-27-19(17)22-16)14-5-3-2-4-6-14/h2-6,12H,7-11,13H2,1H3. The molecule has 0 bridgehead atoms. The van der Waals surface area contributed by atoms with E-state index < -0.39 is 5.79 Å². The van der Waals surface area contributed by atoms with E-state index in [2.05, 4.69) is 34.5 Å². The van der Waals surface area contributed by atoms with Gasteiger partial charge in [-0.2, -0.15) is 0 Å². The quantitative estimate of drug-likeness (QED) is 0.688. The van der Waals surface area contributed by atoms with Crippen LogP contribution in [0.4, 0.5) is 5.82 Å². The number of hydrogen-bond acceptors (Lipinski definition) is 7. The van der Waals surface area contributed by atoms with Gasteiger partial charge in [0, 0.05) is 31.0 Å². The molecule has 2 saturated heterocycles. The van der Waals surface area contributed by atoms with Gasteiger partial charge in [0.1, 0.15) is 17.3 Å². The van der Waals surface area contributed by atoms with Crippen molar-refractivity contribution in [3.8, 4) is 11.1 Å². The van der Waals surface area contributed by atoms with E-state index in [-0.39, 0.29) is 0 Å². The van der Waals surface area contributed by atoms with Crippen molar-refractivity contribution in [1.82, 2.24) is 9.97 Å². The lowest BCUT2D eigenvalue weighted by Crippen LogP contribution is -2.34. The van der Waals surface area contributed by atoms with E-state index in [0.29, 0.717) is 32.2 Å². The van der Waals surface area contributed by atoms with Gasteiger partial charge >= 0.3 is 0 Å². The van der Waals surface area contributed by atoms with Gasteiger partial charge in [0.15, 0.2) is 11.6 Å². The van der Waals surface area contributed by atoms with Gasteiger partial charge in [-0.25, -0.2) is 9.97 Å². The first-order chi connectivity index (χ1) is 13.3. The van der Waals surface area contributed by atoms with E-state index in [1.54, 1.807) is 18.4 Å². The van der Waals surface area contributed by atoms with Crippen LogP contribution in [-0.2, 0) is 20.8 Å². The zero-order valence-corrected chi connectivity index (χ0v) is 16.0. The molecule has 4 heterocycles. The Morgan fingerprint density at radius 1 is 1.19 bits per heavy atom. The molecule has 0 amide bonds. The third kappa shape index (κ3) is 3.00. The summed E-state index contributed by atoms with van der Waals surface area (Å²) in [4.78, 5) is 12.9. The Labute approximate surface area is 161 Å². The lowest BCUT2D eigenvalue weighted by molar-refractivity contribution is -0.137. The molecule has 140 valence electrons. The minimum Gasteiger partial charge on any atom is -0.377 e. The second-order valence-electron chi connectivity index (χ2n) is 6.87. The fourth-order valence-corrected chi connectivity index (χ4v) is 4.85. The van der Waals surface area contributed by atoms with Crippen molar-refractivity contribution >= 4 is 27.4 Å². The summed E-state index contributed by atoms with van der Waals surface area (Å²) in [7, 11) is 1.67. The molecular weight excluding hydrogens is 362 g/mol. The lowest BCUT2D eigenvalue weighted by atomic mass is 10.1. The normalized spacial score (nSPS) is 18.8. The fourth-order valence-electron chi connectivity index (χ4n) is 3.89. The van der Waals surface area contributed by atoms with Crippen LogP contribution >= 0.6 is 11.3 Å². The third-order valence-electron chi connectivity index (χ3n) is 5.13. The van der Waals surface area contributed by atoms with Crippen molar-refractivity contribution in [2.24, 2.45) is 0 Å². The number of anilines is 1. The SMILES string of the molecule is COCc1nc(N2CCC3(C2)OCCO3)c2c(-c3ccccc3)csc2n1. The van der Waals surface area contributed by atoms with Crippen LogP contribution in [0.25, 0.3) is 21.3 Å².